The van der Waals surface area contributed by atoms with Crippen molar-refractivity contribution in [3.63, 3.8) is 0 Å². The Morgan fingerprint density at radius 3 is 2.97 bits per heavy atom. The molecule has 2 aliphatic heterocycles. The Bertz CT molecular complexity index is 1110. The summed E-state index contributed by atoms with van der Waals surface area (Å²) in [4.78, 5) is 6.89. The first-order chi connectivity index (χ1) is 16.2. The van der Waals surface area contributed by atoms with E-state index in [9.17, 15) is 5.11 Å². The lowest BCUT2D eigenvalue weighted by Crippen LogP contribution is -2.47. The highest BCUT2D eigenvalue weighted by atomic mass is 16.7. The maximum Gasteiger partial charge on any atom is 0.231 e. The summed E-state index contributed by atoms with van der Waals surface area (Å²) in [5.41, 5.74) is 2.67. The average Bonchev–Trinajstić information content (AvgIpc) is 3.31. The normalized spacial score (nSPS) is 19.0. The molecular formula is C25H29N3O5. The average molecular weight is 452 g/mol. The summed E-state index contributed by atoms with van der Waals surface area (Å²) in [6, 6.07) is 15.6. The molecule has 5 rings (SSSR count). The number of fused-ring (bicyclic) bond motifs is 2. The standard InChI is InChI=1S/C25H29N3O5/c1-30-19-4-6-21-18(11-19)3-5-22(27-21)23(29)15-28-8-9-31-20(14-28)13-26-12-17-2-7-24-25(10-17)33-16-32-24/h2-7,10-11,20,23,26,29H,8-9,12-16H2,1H3. The molecule has 1 aromatic heterocycles. The van der Waals surface area contributed by atoms with E-state index in [1.54, 1.807) is 7.11 Å². The van der Waals surface area contributed by atoms with E-state index in [4.69, 9.17) is 18.9 Å². The molecule has 0 spiro atoms. The van der Waals surface area contributed by atoms with Crippen molar-refractivity contribution < 1.29 is 24.1 Å². The van der Waals surface area contributed by atoms with E-state index < -0.39 is 6.10 Å². The third kappa shape index (κ3) is 5.20. The number of ether oxygens (including phenoxy) is 4. The lowest BCUT2D eigenvalue weighted by Gasteiger charge is -2.34. The van der Waals surface area contributed by atoms with Crippen molar-refractivity contribution in [1.82, 2.24) is 15.2 Å². The Kier molecular flexibility index (Phi) is 6.59. The van der Waals surface area contributed by atoms with E-state index in [-0.39, 0.29) is 12.9 Å². The van der Waals surface area contributed by atoms with E-state index in [0.29, 0.717) is 18.8 Å². The quantitative estimate of drug-likeness (QED) is 0.541. The Labute approximate surface area is 193 Å². The number of hydrogen-bond acceptors (Lipinski definition) is 8. The first kappa shape index (κ1) is 21.9. The fourth-order valence-corrected chi connectivity index (χ4v) is 4.27. The molecule has 0 amide bonds. The smallest absolute Gasteiger partial charge is 0.231 e. The molecule has 0 bridgehead atoms. The Morgan fingerprint density at radius 1 is 1.15 bits per heavy atom. The van der Waals surface area contributed by atoms with Gasteiger partial charge in [0.2, 0.25) is 6.79 Å². The lowest BCUT2D eigenvalue weighted by molar-refractivity contribution is -0.0399. The van der Waals surface area contributed by atoms with Crippen molar-refractivity contribution in [2.24, 2.45) is 0 Å². The molecule has 0 aliphatic carbocycles. The van der Waals surface area contributed by atoms with Crippen LogP contribution >= 0.6 is 0 Å². The minimum Gasteiger partial charge on any atom is -0.497 e. The summed E-state index contributed by atoms with van der Waals surface area (Å²) in [7, 11) is 1.65. The van der Waals surface area contributed by atoms with E-state index in [0.717, 1.165) is 59.9 Å². The molecule has 0 radical (unpaired) electrons. The third-order valence-corrected chi connectivity index (χ3v) is 6.05. The van der Waals surface area contributed by atoms with Gasteiger partial charge >= 0.3 is 0 Å². The Hall–Kier alpha value is -2.91. The number of aliphatic hydroxyl groups is 1. The molecule has 3 heterocycles. The van der Waals surface area contributed by atoms with Crippen LogP contribution in [0, 0.1) is 0 Å². The van der Waals surface area contributed by atoms with Gasteiger partial charge in [-0.15, -0.1) is 0 Å². The monoisotopic (exact) mass is 451 g/mol. The number of morpholine rings is 1. The minimum atomic E-state index is -0.656. The summed E-state index contributed by atoms with van der Waals surface area (Å²) in [5.74, 6) is 2.39. The van der Waals surface area contributed by atoms with Gasteiger partial charge in [-0.25, -0.2) is 0 Å². The first-order valence-electron chi connectivity index (χ1n) is 11.2. The summed E-state index contributed by atoms with van der Waals surface area (Å²) in [6.45, 7) is 4.47. The molecule has 8 nitrogen and oxygen atoms in total. The maximum absolute atomic E-state index is 10.8. The van der Waals surface area contributed by atoms with Crippen LogP contribution in [0.1, 0.15) is 17.4 Å². The van der Waals surface area contributed by atoms with Crippen molar-refractivity contribution >= 4 is 10.9 Å². The van der Waals surface area contributed by atoms with Crippen LogP contribution in [0.3, 0.4) is 0 Å². The zero-order valence-corrected chi connectivity index (χ0v) is 18.7. The topological polar surface area (TPSA) is 85.3 Å². The van der Waals surface area contributed by atoms with Gasteiger partial charge in [0.1, 0.15) is 11.9 Å². The number of methoxy groups -OCH3 is 1. The highest BCUT2D eigenvalue weighted by Gasteiger charge is 2.23. The minimum absolute atomic E-state index is 0.0667. The zero-order chi connectivity index (χ0) is 22.6. The van der Waals surface area contributed by atoms with Gasteiger partial charge in [-0.2, -0.15) is 0 Å². The summed E-state index contributed by atoms with van der Waals surface area (Å²) < 4.78 is 22.0. The Morgan fingerprint density at radius 2 is 2.06 bits per heavy atom. The van der Waals surface area contributed by atoms with Gasteiger partial charge in [-0.3, -0.25) is 9.88 Å². The predicted molar refractivity (Wildman–Crippen MR) is 124 cm³/mol. The second kappa shape index (κ2) is 9.93. The van der Waals surface area contributed by atoms with E-state index >= 15 is 0 Å². The zero-order valence-electron chi connectivity index (χ0n) is 18.7. The number of aliphatic hydroxyl groups excluding tert-OH is 1. The van der Waals surface area contributed by atoms with E-state index in [1.165, 1.54) is 0 Å². The van der Waals surface area contributed by atoms with Gasteiger partial charge < -0.3 is 29.4 Å². The van der Waals surface area contributed by atoms with Crippen LogP contribution in [0.2, 0.25) is 0 Å². The van der Waals surface area contributed by atoms with Gasteiger partial charge in [0.25, 0.3) is 0 Å². The predicted octanol–water partition coefficient (Wildman–Crippen LogP) is 2.50. The SMILES string of the molecule is COc1ccc2nc(C(O)CN3CCOC(CNCc4ccc5c(c4)OCO5)C3)ccc2c1. The van der Waals surface area contributed by atoms with Crippen molar-refractivity contribution in [1.29, 1.82) is 0 Å². The molecule has 2 unspecified atom stereocenters. The number of aromatic nitrogens is 1. The van der Waals surface area contributed by atoms with Crippen LogP contribution in [0.15, 0.2) is 48.5 Å². The van der Waals surface area contributed by atoms with Gasteiger partial charge in [0.15, 0.2) is 11.5 Å². The maximum atomic E-state index is 10.8. The van der Waals surface area contributed by atoms with Crippen molar-refractivity contribution in [3.8, 4) is 17.2 Å². The van der Waals surface area contributed by atoms with Gasteiger partial charge in [0.05, 0.1) is 31.0 Å². The Balaban J connectivity index is 1.12. The van der Waals surface area contributed by atoms with Crippen LogP contribution in [0.4, 0.5) is 0 Å². The second-order valence-corrected chi connectivity index (χ2v) is 8.38. The molecule has 0 saturated carbocycles. The highest BCUT2D eigenvalue weighted by molar-refractivity contribution is 5.80. The summed E-state index contributed by atoms with van der Waals surface area (Å²) in [5, 5.41) is 15.3. The molecule has 2 aliphatic rings. The fraction of sp³-hybridized carbons (Fsp3) is 0.400. The molecule has 2 aromatic carbocycles. The van der Waals surface area contributed by atoms with E-state index in [2.05, 4.69) is 15.2 Å². The van der Waals surface area contributed by atoms with Crippen LogP contribution in [0.5, 0.6) is 17.2 Å². The van der Waals surface area contributed by atoms with Crippen molar-refractivity contribution in [2.75, 3.05) is 46.7 Å². The van der Waals surface area contributed by atoms with Gasteiger partial charge in [-0.05, 0) is 42.0 Å². The molecule has 2 atom stereocenters. The highest BCUT2D eigenvalue weighted by Crippen LogP contribution is 2.32. The number of nitrogens with one attached hydrogen (secondary N) is 1. The molecule has 174 valence electrons. The number of benzene rings is 2. The molecule has 8 heteroatoms. The van der Waals surface area contributed by atoms with Crippen LogP contribution in [0.25, 0.3) is 10.9 Å². The molecule has 33 heavy (non-hydrogen) atoms. The van der Waals surface area contributed by atoms with Crippen LogP contribution in [-0.2, 0) is 11.3 Å². The molecule has 3 aromatic rings. The number of rotatable bonds is 8. The number of β-amino-alcohol motifs (C(OH)–C–C–N with tert-alkyl or cyclic N) is 1. The van der Waals surface area contributed by atoms with Gasteiger partial charge in [-0.1, -0.05) is 12.1 Å². The third-order valence-electron chi connectivity index (χ3n) is 6.05. The molecule has 1 fully saturated rings. The van der Waals surface area contributed by atoms with Crippen molar-refractivity contribution in [2.45, 2.75) is 18.8 Å². The molecular weight excluding hydrogens is 422 g/mol. The largest absolute Gasteiger partial charge is 0.497 e. The molecule has 1 saturated heterocycles. The number of nitrogens with zero attached hydrogens (tertiary/aromatic N) is 2. The van der Waals surface area contributed by atoms with Crippen LogP contribution < -0.4 is 19.5 Å². The van der Waals surface area contributed by atoms with Gasteiger partial charge in [0, 0.05) is 38.1 Å². The summed E-state index contributed by atoms with van der Waals surface area (Å²) in [6.07, 6.45) is -0.589. The van der Waals surface area contributed by atoms with E-state index in [1.807, 2.05) is 48.5 Å². The lowest BCUT2D eigenvalue weighted by atomic mass is 10.1. The van der Waals surface area contributed by atoms with Crippen LogP contribution in [-0.4, -0.2) is 67.8 Å². The summed E-state index contributed by atoms with van der Waals surface area (Å²) >= 11 is 0. The first-order valence-corrected chi connectivity index (χ1v) is 11.2. The molecule has 2 N–H and O–H groups in total. The second-order valence-electron chi connectivity index (χ2n) is 8.38. The van der Waals surface area contributed by atoms with Crippen molar-refractivity contribution in [3.05, 3.63) is 59.8 Å². The fourth-order valence-electron chi connectivity index (χ4n) is 4.27. The number of pyridine rings is 1. The number of hydrogen-bond donors (Lipinski definition) is 2.